The molecule has 5 rings (SSSR count). The Labute approximate surface area is 201 Å². The average Bonchev–Trinajstić information content (AvgIpc) is 3.46. The third-order valence-electron chi connectivity index (χ3n) is 5.48. The number of benzene rings is 1. The number of hydrogen-bond donors (Lipinski definition) is 0. The van der Waals surface area contributed by atoms with Crippen molar-refractivity contribution in [2.45, 2.75) is 13.1 Å². The molecule has 0 bridgehead atoms. The van der Waals surface area contributed by atoms with Gasteiger partial charge in [0, 0.05) is 26.5 Å². The van der Waals surface area contributed by atoms with Gasteiger partial charge in [-0.3, -0.25) is 28.6 Å². The van der Waals surface area contributed by atoms with Crippen molar-refractivity contribution < 1.29 is 4.79 Å². The summed E-state index contributed by atoms with van der Waals surface area (Å²) in [6, 6.07) is 9.13. The lowest BCUT2D eigenvalue weighted by Crippen LogP contribution is -2.38. The first-order valence-electron chi connectivity index (χ1n) is 10.2. The number of anilines is 1. The number of halogens is 1. The highest BCUT2D eigenvalue weighted by molar-refractivity contribution is 7.22. The number of carbonyl (C=O) groups is 1. The Bertz CT molecular complexity index is 1670. The molecule has 0 N–H and O–H groups in total. The van der Waals surface area contributed by atoms with Gasteiger partial charge < -0.3 is 4.57 Å². The molecule has 10 nitrogen and oxygen atoms in total. The lowest BCUT2D eigenvalue weighted by molar-refractivity contribution is -0.119. The van der Waals surface area contributed by atoms with Crippen molar-refractivity contribution in [3.63, 3.8) is 0 Å². The van der Waals surface area contributed by atoms with E-state index >= 15 is 0 Å². The highest BCUT2D eigenvalue weighted by Gasteiger charge is 2.23. The molecular formula is C22H18ClN7O3S. The van der Waals surface area contributed by atoms with E-state index in [1.807, 2.05) is 18.2 Å². The minimum absolute atomic E-state index is 0.173. The molecule has 0 fully saturated rings. The smallest absolute Gasteiger partial charge is 0.315 e. The SMILES string of the molecule is Cn1c(=O)c2c(ncn2CC(=O)N(Cc2cccnc2)c2nc3c(Cl)cccc3s2)n(C)c1=O. The molecule has 0 saturated carbocycles. The minimum Gasteiger partial charge on any atom is -0.315 e. The quantitative estimate of drug-likeness (QED) is 0.370. The number of carbonyl (C=O) groups excluding carboxylic acids is 1. The molecule has 0 aliphatic heterocycles. The number of nitrogens with zero attached hydrogens (tertiary/aromatic N) is 7. The van der Waals surface area contributed by atoms with Crippen molar-refractivity contribution in [1.29, 1.82) is 0 Å². The second-order valence-electron chi connectivity index (χ2n) is 7.67. The van der Waals surface area contributed by atoms with Crippen molar-refractivity contribution in [3.8, 4) is 0 Å². The standard InChI is InChI=1S/C22H18ClN7O3S/c1-27-19-18(20(32)28(2)22(27)33)29(12-25-19)11-16(31)30(10-13-5-4-8-24-9-13)21-26-17-14(23)6-3-7-15(17)34-21/h3-9,12H,10-11H2,1-2H3. The van der Waals surface area contributed by atoms with E-state index < -0.39 is 11.2 Å². The van der Waals surface area contributed by atoms with Crippen LogP contribution in [0.4, 0.5) is 5.13 Å². The van der Waals surface area contributed by atoms with Gasteiger partial charge in [-0.2, -0.15) is 0 Å². The second kappa shape index (κ2) is 8.50. The molecule has 0 saturated heterocycles. The van der Waals surface area contributed by atoms with E-state index in [4.69, 9.17) is 11.6 Å². The Morgan fingerprint density at radius 1 is 1.15 bits per heavy atom. The van der Waals surface area contributed by atoms with E-state index in [0.717, 1.165) is 14.8 Å². The number of imidazole rings is 1. The van der Waals surface area contributed by atoms with E-state index in [1.165, 1.54) is 45.8 Å². The summed E-state index contributed by atoms with van der Waals surface area (Å²) in [6.07, 6.45) is 4.73. The Morgan fingerprint density at radius 2 is 1.97 bits per heavy atom. The third-order valence-corrected chi connectivity index (χ3v) is 6.83. The van der Waals surface area contributed by atoms with Crippen LogP contribution in [0.15, 0.2) is 58.6 Å². The van der Waals surface area contributed by atoms with Crippen LogP contribution in [0, 0.1) is 0 Å². The monoisotopic (exact) mass is 495 g/mol. The number of aryl methyl sites for hydroxylation is 1. The Hall–Kier alpha value is -3.83. The molecule has 0 radical (unpaired) electrons. The van der Waals surface area contributed by atoms with Gasteiger partial charge in [-0.25, -0.2) is 14.8 Å². The fourth-order valence-electron chi connectivity index (χ4n) is 3.70. The number of hydrogen-bond acceptors (Lipinski definition) is 7. The molecule has 1 amide bonds. The van der Waals surface area contributed by atoms with Crippen molar-refractivity contribution in [2.24, 2.45) is 14.1 Å². The van der Waals surface area contributed by atoms with E-state index in [1.54, 1.807) is 24.5 Å². The van der Waals surface area contributed by atoms with Crippen molar-refractivity contribution in [3.05, 3.63) is 80.5 Å². The second-order valence-corrected chi connectivity index (χ2v) is 9.09. The number of fused-ring (bicyclic) bond motifs is 2. The Kier molecular flexibility index (Phi) is 5.50. The zero-order valence-corrected chi connectivity index (χ0v) is 19.7. The third kappa shape index (κ3) is 3.68. The van der Waals surface area contributed by atoms with Crippen LogP contribution in [0.5, 0.6) is 0 Å². The normalized spacial score (nSPS) is 11.4. The molecule has 12 heteroatoms. The molecule has 5 aromatic rings. The molecule has 0 atom stereocenters. The average molecular weight is 496 g/mol. The largest absolute Gasteiger partial charge is 0.332 e. The van der Waals surface area contributed by atoms with Gasteiger partial charge >= 0.3 is 5.69 Å². The van der Waals surface area contributed by atoms with Crippen LogP contribution in [0.3, 0.4) is 0 Å². The zero-order chi connectivity index (χ0) is 24.0. The minimum atomic E-state index is -0.519. The highest BCUT2D eigenvalue weighted by Crippen LogP contribution is 2.33. The molecule has 0 aliphatic carbocycles. The summed E-state index contributed by atoms with van der Waals surface area (Å²) in [4.78, 5) is 53.1. The van der Waals surface area contributed by atoms with Gasteiger partial charge in [0.15, 0.2) is 16.3 Å². The summed E-state index contributed by atoms with van der Waals surface area (Å²) in [5, 5.41) is 0.973. The number of thiazole rings is 1. The lowest BCUT2D eigenvalue weighted by Gasteiger charge is -2.20. The van der Waals surface area contributed by atoms with E-state index in [0.29, 0.717) is 15.7 Å². The van der Waals surface area contributed by atoms with Crippen LogP contribution in [0.25, 0.3) is 21.4 Å². The van der Waals surface area contributed by atoms with Gasteiger partial charge in [0.25, 0.3) is 5.56 Å². The molecule has 0 aliphatic rings. The number of para-hydroxylation sites is 1. The maximum Gasteiger partial charge on any atom is 0.332 e. The van der Waals surface area contributed by atoms with Gasteiger partial charge in [0.1, 0.15) is 12.1 Å². The molecular weight excluding hydrogens is 478 g/mol. The van der Waals surface area contributed by atoms with Crippen LogP contribution < -0.4 is 16.1 Å². The number of amides is 1. The molecule has 0 unspecified atom stereocenters. The lowest BCUT2D eigenvalue weighted by atomic mass is 10.2. The predicted octanol–water partition coefficient (Wildman–Crippen LogP) is 2.33. The Balaban J connectivity index is 1.58. The number of aromatic nitrogens is 6. The fourth-order valence-corrected chi connectivity index (χ4v) is 4.99. The van der Waals surface area contributed by atoms with Gasteiger partial charge in [0.05, 0.1) is 22.6 Å². The molecule has 0 spiro atoms. The first-order valence-corrected chi connectivity index (χ1v) is 11.4. The maximum atomic E-state index is 13.6. The van der Waals surface area contributed by atoms with Crippen LogP contribution in [0.2, 0.25) is 5.02 Å². The van der Waals surface area contributed by atoms with Gasteiger partial charge in [-0.15, -0.1) is 0 Å². The van der Waals surface area contributed by atoms with Gasteiger partial charge in [0.2, 0.25) is 5.91 Å². The number of rotatable bonds is 5. The summed E-state index contributed by atoms with van der Waals surface area (Å²) in [5.74, 6) is -0.311. The number of pyridine rings is 1. The first-order chi connectivity index (χ1) is 16.3. The van der Waals surface area contributed by atoms with E-state index in [9.17, 15) is 14.4 Å². The Morgan fingerprint density at radius 3 is 2.71 bits per heavy atom. The molecule has 1 aromatic carbocycles. The van der Waals surface area contributed by atoms with Gasteiger partial charge in [-0.05, 0) is 23.8 Å². The predicted molar refractivity (Wildman–Crippen MR) is 130 cm³/mol. The summed E-state index contributed by atoms with van der Waals surface area (Å²) in [6.45, 7) is 0.0566. The van der Waals surface area contributed by atoms with Crippen molar-refractivity contribution in [1.82, 2.24) is 28.7 Å². The van der Waals surface area contributed by atoms with Crippen LogP contribution in [-0.2, 0) is 32.0 Å². The van der Waals surface area contributed by atoms with E-state index in [-0.39, 0.29) is 30.2 Å². The molecule has 34 heavy (non-hydrogen) atoms. The first kappa shape index (κ1) is 22.0. The van der Waals surface area contributed by atoms with Gasteiger partial charge in [-0.1, -0.05) is 35.1 Å². The maximum absolute atomic E-state index is 13.6. The highest BCUT2D eigenvalue weighted by atomic mass is 35.5. The van der Waals surface area contributed by atoms with Crippen LogP contribution in [-0.4, -0.2) is 34.6 Å². The van der Waals surface area contributed by atoms with Crippen LogP contribution >= 0.6 is 22.9 Å². The molecule has 4 aromatic heterocycles. The van der Waals surface area contributed by atoms with E-state index in [2.05, 4.69) is 15.0 Å². The molecule has 172 valence electrons. The fraction of sp³-hybridized carbons (Fsp3) is 0.182. The molecule has 4 heterocycles. The zero-order valence-electron chi connectivity index (χ0n) is 18.2. The topological polar surface area (TPSA) is 108 Å². The summed E-state index contributed by atoms with van der Waals surface area (Å²) in [5.41, 5.74) is 0.811. The van der Waals surface area contributed by atoms with Crippen molar-refractivity contribution in [2.75, 3.05) is 4.90 Å². The van der Waals surface area contributed by atoms with Crippen LogP contribution in [0.1, 0.15) is 5.56 Å². The summed E-state index contributed by atoms with van der Waals surface area (Å²) >= 11 is 7.65. The van der Waals surface area contributed by atoms with Crippen molar-refractivity contribution >= 4 is 55.4 Å². The summed E-state index contributed by atoms with van der Waals surface area (Å²) < 4.78 is 4.58. The summed E-state index contributed by atoms with van der Waals surface area (Å²) in [7, 11) is 2.92.